The molecule has 0 amide bonds. The molecule has 0 spiro atoms. The van der Waals surface area contributed by atoms with Crippen LogP contribution in [0, 0.1) is 0 Å². The summed E-state index contributed by atoms with van der Waals surface area (Å²) in [5.74, 6) is 0. The molecular formula is C18H16N2S. The van der Waals surface area contributed by atoms with Crippen molar-refractivity contribution in [3.8, 4) is 0 Å². The fourth-order valence-corrected chi connectivity index (χ4v) is 2.70. The molecule has 0 aliphatic rings. The predicted octanol–water partition coefficient (Wildman–Crippen LogP) is 3.85. The molecule has 3 heteroatoms. The molecule has 0 fully saturated rings. The monoisotopic (exact) mass is 292 g/mol. The van der Waals surface area contributed by atoms with Crippen molar-refractivity contribution in [2.75, 3.05) is 0 Å². The predicted molar refractivity (Wildman–Crippen MR) is 91.4 cm³/mol. The van der Waals surface area contributed by atoms with Crippen LogP contribution in [0.15, 0.2) is 67.0 Å². The third-order valence-electron chi connectivity index (χ3n) is 3.59. The van der Waals surface area contributed by atoms with E-state index in [0.717, 1.165) is 15.8 Å². The Kier molecular flexibility index (Phi) is 4.04. The summed E-state index contributed by atoms with van der Waals surface area (Å²) in [6, 6.07) is 18.1. The van der Waals surface area contributed by atoms with E-state index >= 15 is 0 Å². The van der Waals surface area contributed by atoms with Crippen LogP contribution in [0.4, 0.5) is 0 Å². The van der Waals surface area contributed by atoms with Crippen LogP contribution in [-0.4, -0.2) is 9.85 Å². The zero-order valence-corrected chi connectivity index (χ0v) is 12.4. The number of benzene rings is 2. The van der Waals surface area contributed by atoms with Crippen LogP contribution in [0.25, 0.3) is 10.8 Å². The molecule has 0 unspecified atom stereocenters. The highest BCUT2D eigenvalue weighted by Crippen LogP contribution is 2.18. The number of thiocarbonyl (C=S) groups is 1. The largest absolute Gasteiger partial charge is 0.320 e. The van der Waals surface area contributed by atoms with Crippen molar-refractivity contribution in [3.05, 3.63) is 78.1 Å². The SMILES string of the molecule is N[C@H](C(=S)Cc1ccc2cnccc2c1)c1ccccc1. The molecule has 0 saturated carbocycles. The number of nitrogens with two attached hydrogens (primary N) is 1. The van der Waals surface area contributed by atoms with E-state index in [0.29, 0.717) is 6.42 Å². The molecule has 3 aromatic rings. The van der Waals surface area contributed by atoms with Crippen LogP contribution in [0.1, 0.15) is 17.2 Å². The van der Waals surface area contributed by atoms with E-state index in [4.69, 9.17) is 18.0 Å². The number of nitrogens with zero attached hydrogens (tertiary/aromatic N) is 1. The van der Waals surface area contributed by atoms with E-state index in [-0.39, 0.29) is 6.04 Å². The second-order valence-corrected chi connectivity index (χ2v) is 5.61. The van der Waals surface area contributed by atoms with E-state index in [9.17, 15) is 0 Å². The zero-order valence-electron chi connectivity index (χ0n) is 11.6. The van der Waals surface area contributed by atoms with Crippen LogP contribution in [0.5, 0.6) is 0 Å². The first-order valence-electron chi connectivity index (χ1n) is 6.90. The highest BCUT2D eigenvalue weighted by atomic mass is 32.1. The smallest absolute Gasteiger partial charge is 0.0618 e. The molecule has 0 aliphatic heterocycles. The van der Waals surface area contributed by atoms with Gasteiger partial charge in [-0.15, -0.1) is 0 Å². The lowest BCUT2D eigenvalue weighted by atomic mass is 9.98. The van der Waals surface area contributed by atoms with Gasteiger partial charge in [-0.1, -0.05) is 60.7 Å². The van der Waals surface area contributed by atoms with E-state index in [2.05, 4.69) is 23.2 Å². The van der Waals surface area contributed by atoms with Gasteiger partial charge in [0.25, 0.3) is 0 Å². The Bertz CT molecular complexity index is 768. The zero-order chi connectivity index (χ0) is 14.7. The number of hydrogen-bond donors (Lipinski definition) is 1. The van der Waals surface area contributed by atoms with Crippen molar-refractivity contribution < 1.29 is 0 Å². The maximum Gasteiger partial charge on any atom is 0.0618 e. The summed E-state index contributed by atoms with van der Waals surface area (Å²) >= 11 is 5.53. The van der Waals surface area contributed by atoms with Gasteiger partial charge in [0.2, 0.25) is 0 Å². The average Bonchev–Trinajstić information content (AvgIpc) is 2.55. The molecule has 2 nitrogen and oxygen atoms in total. The lowest BCUT2D eigenvalue weighted by Crippen LogP contribution is -2.21. The summed E-state index contributed by atoms with van der Waals surface area (Å²) in [7, 11) is 0. The average molecular weight is 292 g/mol. The maximum atomic E-state index is 6.25. The first-order chi connectivity index (χ1) is 10.2. The van der Waals surface area contributed by atoms with Gasteiger partial charge >= 0.3 is 0 Å². The highest BCUT2D eigenvalue weighted by molar-refractivity contribution is 7.80. The lowest BCUT2D eigenvalue weighted by Gasteiger charge is -2.14. The van der Waals surface area contributed by atoms with Crippen molar-refractivity contribution >= 4 is 27.9 Å². The molecule has 1 heterocycles. The molecular weight excluding hydrogens is 276 g/mol. The third-order valence-corrected chi connectivity index (χ3v) is 3.99. The summed E-state index contributed by atoms with van der Waals surface area (Å²) in [6.07, 6.45) is 4.39. The summed E-state index contributed by atoms with van der Waals surface area (Å²) < 4.78 is 0. The standard InChI is InChI=1S/C18H16N2S/c19-18(14-4-2-1-3-5-14)17(21)11-13-6-7-16-12-20-9-8-15(16)10-13/h1-10,12,18H,11,19H2/t18-/m0/s1. The molecule has 104 valence electrons. The Hall–Kier alpha value is -2.10. The lowest BCUT2D eigenvalue weighted by molar-refractivity contribution is 0.956. The number of fused-ring (bicyclic) bond motifs is 1. The van der Waals surface area contributed by atoms with Gasteiger partial charge in [0.15, 0.2) is 0 Å². The molecule has 2 aromatic carbocycles. The summed E-state index contributed by atoms with van der Waals surface area (Å²) in [6.45, 7) is 0. The minimum absolute atomic E-state index is 0.200. The van der Waals surface area contributed by atoms with Crippen molar-refractivity contribution in [1.82, 2.24) is 4.98 Å². The number of aromatic nitrogens is 1. The third kappa shape index (κ3) is 3.15. The van der Waals surface area contributed by atoms with Gasteiger partial charge in [-0.3, -0.25) is 4.98 Å². The van der Waals surface area contributed by atoms with Gasteiger partial charge in [-0.05, 0) is 22.6 Å². The molecule has 0 saturated heterocycles. The van der Waals surface area contributed by atoms with Crippen LogP contribution < -0.4 is 5.73 Å². The quantitative estimate of drug-likeness (QED) is 0.742. The summed E-state index contributed by atoms with van der Waals surface area (Å²) in [5.41, 5.74) is 8.50. The highest BCUT2D eigenvalue weighted by Gasteiger charge is 2.12. The Morgan fingerprint density at radius 3 is 2.67 bits per heavy atom. The van der Waals surface area contributed by atoms with Crippen LogP contribution >= 0.6 is 12.2 Å². The van der Waals surface area contributed by atoms with Gasteiger partial charge in [0, 0.05) is 29.1 Å². The summed E-state index contributed by atoms with van der Waals surface area (Å²) in [5, 5.41) is 2.32. The summed E-state index contributed by atoms with van der Waals surface area (Å²) in [4.78, 5) is 4.98. The van der Waals surface area contributed by atoms with Crippen molar-refractivity contribution in [2.24, 2.45) is 5.73 Å². The minimum Gasteiger partial charge on any atom is -0.320 e. The van der Waals surface area contributed by atoms with Gasteiger partial charge in [-0.2, -0.15) is 0 Å². The van der Waals surface area contributed by atoms with Crippen molar-refractivity contribution in [1.29, 1.82) is 0 Å². The Labute approximate surface area is 129 Å². The van der Waals surface area contributed by atoms with E-state index in [1.165, 1.54) is 10.9 Å². The Morgan fingerprint density at radius 2 is 1.86 bits per heavy atom. The second-order valence-electron chi connectivity index (χ2n) is 5.09. The van der Waals surface area contributed by atoms with Gasteiger partial charge in [-0.25, -0.2) is 0 Å². The topological polar surface area (TPSA) is 38.9 Å². The van der Waals surface area contributed by atoms with Crippen LogP contribution in [0.3, 0.4) is 0 Å². The van der Waals surface area contributed by atoms with Gasteiger partial charge in [0.1, 0.15) is 0 Å². The molecule has 0 radical (unpaired) electrons. The number of pyridine rings is 1. The first-order valence-corrected chi connectivity index (χ1v) is 7.31. The van der Waals surface area contributed by atoms with E-state index in [1.54, 1.807) is 6.20 Å². The number of hydrogen-bond acceptors (Lipinski definition) is 3. The molecule has 1 atom stereocenters. The number of rotatable bonds is 4. The second kappa shape index (κ2) is 6.12. The normalized spacial score (nSPS) is 12.2. The molecule has 1 aromatic heterocycles. The minimum atomic E-state index is -0.200. The fraction of sp³-hybridized carbons (Fsp3) is 0.111. The molecule has 21 heavy (non-hydrogen) atoms. The van der Waals surface area contributed by atoms with Crippen LogP contribution in [0.2, 0.25) is 0 Å². The maximum absolute atomic E-state index is 6.25. The van der Waals surface area contributed by atoms with E-state index < -0.39 is 0 Å². The van der Waals surface area contributed by atoms with Crippen molar-refractivity contribution in [2.45, 2.75) is 12.5 Å². The molecule has 3 rings (SSSR count). The molecule has 2 N–H and O–H groups in total. The van der Waals surface area contributed by atoms with Crippen LogP contribution in [-0.2, 0) is 6.42 Å². The first kappa shape index (κ1) is 13.9. The van der Waals surface area contributed by atoms with E-state index in [1.807, 2.05) is 42.6 Å². The Balaban J connectivity index is 1.80. The van der Waals surface area contributed by atoms with Crippen molar-refractivity contribution in [3.63, 3.8) is 0 Å². The fourth-order valence-electron chi connectivity index (χ4n) is 2.40. The van der Waals surface area contributed by atoms with Gasteiger partial charge in [0.05, 0.1) is 6.04 Å². The van der Waals surface area contributed by atoms with Gasteiger partial charge < -0.3 is 5.73 Å². The molecule has 0 aliphatic carbocycles. The molecule has 0 bridgehead atoms. The Morgan fingerprint density at radius 1 is 1.05 bits per heavy atom.